The number of aryl methyl sites for hydroxylation is 1. The van der Waals surface area contributed by atoms with E-state index in [4.69, 9.17) is 26.8 Å². The van der Waals surface area contributed by atoms with E-state index in [1.807, 2.05) is 48.0 Å². The van der Waals surface area contributed by atoms with Gasteiger partial charge in [-0.2, -0.15) is 0 Å². The summed E-state index contributed by atoms with van der Waals surface area (Å²) in [5.41, 5.74) is 8.66. The SMILES string of the molecule is Cn1c(CN=C(N)Nc2ccc3c(c2)OCCCO3)nc2cc(Cl)ccc21. The van der Waals surface area contributed by atoms with Crippen molar-refractivity contribution in [3.05, 3.63) is 47.2 Å². The molecular weight excluding hydrogens is 366 g/mol. The van der Waals surface area contributed by atoms with Crippen LogP contribution < -0.4 is 20.5 Å². The Morgan fingerprint density at radius 3 is 2.89 bits per heavy atom. The summed E-state index contributed by atoms with van der Waals surface area (Å²) in [7, 11) is 1.95. The van der Waals surface area contributed by atoms with Crippen LogP contribution in [0.2, 0.25) is 5.02 Å². The zero-order chi connectivity index (χ0) is 18.8. The molecule has 0 spiro atoms. The van der Waals surface area contributed by atoms with Crippen molar-refractivity contribution in [2.75, 3.05) is 18.5 Å². The molecule has 0 aliphatic carbocycles. The fourth-order valence-corrected chi connectivity index (χ4v) is 3.11. The van der Waals surface area contributed by atoms with Crippen molar-refractivity contribution in [1.29, 1.82) is 0 Å². The van der Waals surface area contributed by atoms with Gasteiger partial charge >= 0.3 is 0 Å². The van der Waals surface area contributed by atoms with Gasteiger partial charge in [-0.1, -0.05) is 11.6 Å². The van der Waals surface area contributed by atoms with Gasteiger partial charge in [0.25, 0.3) is 0 Å². The van der Waals surface area contributed by atoms with E-state index in [2.05, 4.69) is 15.3 Å². The first-order valence-corrected chi connectivity index (χ1v) is 9.05. The minimum absolute atomic E-state index is 0.301. The van der Waals surface area contributed by atoms with E-state index < -0.39 is 0 Å². The third-order valence-corrected chi connectivity index (χ3v) is 4.58. The topological polar surface area (TPSA) is 86.7 Å². The number of ether oxygens (including phenoxy) is 2. The van der Waals surface area contributed by atoms with Gasteiger partial charge in [0.05, 0.1) is 24.2 Å². The second-order valence-electron chi connectivity index (χ2n) is 6.26. The number of hydrogen-bond donors (Lipinski definition) is 2. The molecule has 1 aliphatic rings. The van der Waals surface area contributed by atoms with Gasteiger partial charge in [-0.3, -0.25) is 0 Å². The first-order chi connectivity index (χ1) is 13.1. The molecule has 0 radical (unpaired) electrons. The number of nitrogens with two attached hydrogens (primary N) is 1. The van der Waals surface area contributed by atoms with Gasteiger partial charge in [-0.25, -0.2) is 9.98 Å². The van der Waals surface area contributed by atoms with Crippen LogP contribution in [-0.4, -0.2) is 28.7 Å². The molecule has 0 saturated heterocycles. The van der Waals surface area contributed by atoms with E-state index in [9.17, 15) is 0 Å². The smallest absolute Gasteiger partial charge is 0.193 e. The summed E-state index contributed by atoms with van der Waals surface area (Å²) < 4.78 is 13.3. The molecule has 0 bridgehead atoms. The van der Waals surface area contributed by atoms with Gasteiger partial charge in [0.2, 0.25) is 0 Å². The summed E-state index contributed by atoms with van der Waals surface area (Å²) in [6.07, 6.45) is 0.865. The van der Waals surface area contributed by atoms with Crippen LogP contribution in [0.1, 0.15) is 12.2 Å². The van der Waals surface area contributed by atoms with Gasteiger partial charge in [-0.05, 0) is 30.3 Å². The lowest BCUT2D eigenvalue weighted by Crippen LogP contribution is -2.22. The third-order valence-electron chi connectivity index (χ3n) is 4.35. The lowest BCUT2D eigenvalue weighted by atomic mass is 10.3. The highest BCUT2D eigenvalue weighted by atomic mass is 35.5. The number of guanidine groups is 1. The second-order valence-corrected chi connectivity index (χ2v) is 6.69. The number of aliphatic imine (C=N–C) groups is 1. The Labute approximate surface area is 161 Å². The van der Waals surface area contributed by atoms with Crippen LogP contribution in [-0.2, 0) is 13.6 Å². The van der Waals surface area contributed by atoms with E-state index in [1.165, 1.54) is 0 Å². The maximum absolute atomic E-state index is 6.04. The molecule has 7 nitrogen and oxygen atoms in total. The number of nitrogens with zero attached hydrogens (tertiary/aromatic N) is 3. The molecule has 0 fully saturated rings. The van der Waals surface area contributed by atoms with Crippen molar-refractivity contribution in [2.24, 2.45) is 17.8 Å². The molecule has 1 aromatic heterocycles. The summed E-state index contributed by atoms with van der Waals surface area (Å²) in [6.45, 7) is 1.65. The van der Waals surface area contributed by atoms with E-state index in [1.54, 1.807) is 0 Å². The highest BCUT2D eigenvalue weighted by Gasteiger charge is 2.11. The summed E-state index contributed by atoms with van der Waals surface area (Å²) in [5.74, 6) is 2.55. The molecule has 1 aliphatic heterocycles. The van der Waals surface area contributed by atoms with Crippen LogP contribution in [0.25, 0.3) is 11.0 Å². The van der Waals surface area contributed by atoms with Crippen LogP contribution in [0.5, 0.6) is 11.5 Å². The van der Waals surface area contributed by atoms with Gasteiger partial charge in [0, 0.05) is 30.2 Å². The number of anilines is 1. The van der Waals surface area contributed by atoms with Gasteiger partial charge in [-0.15, -0.1) is 0 Å². The molecule has 4 rings (SSSR count). The van der Waals surface area contributed by atoms with E-state index in [0.717, 1.165) is 34.7 Å². The number of aromatic nitrogens is 2. The molecule has 0 amide bonds. The van der Waals surface area contributed by atoms with Crippen molar-refractivity contribution in [3.8, 4) is 11.5 Å². The minimum Gasteiger partial charge on any atom is -0.490 e. The molecule has 3 aromatic rings. The van der Waals surface area contributed by atoms with E-state index >= 15 is 0 Å². The molecule has 2 heterocycles. The highest BCUT2D eigenvalue weighted by Crippen LogP contribution is 2.32. The van der Waals surface area contributed by atoms with Crippen molar-refractivity contribution in [2.45, 2.75) is 13.0 Å². The number of nitrogens with one attached hydrogen (secondary N) is 1. The first kappa shape index (κ1) is 17.5. The zero-order valence-electron chi connectivity index (χ0n) is 14.9. The third kappa shape index (κ3) is 3.78. The monoisotopic (exact) mass is 385 g/mol. The summed E-state index contributed by atoms with van der Waals surface area (Å²) >= 11 is 6.03. The summed E-state index contributed by atoms with van der Waals surface area (Å²) in [6, 6.07) is 11.2. The Hall–Kier alpha value is -2.93. The average molecular weight is 386 g/mol. The molecular formula is C19H20ClN5O2. The van der Waals surface area contributed by atoms with Crippen molar-refractivity contribution >= 4 is 34.3 Å². The fraction of sp³-hybridized carbons (Fsp3) is 0.263. The van der Waals surface area contributed by atoms with Crippen molar-refractivity contribution in [1.82, 2.24) is 9.55 Å². The van der Waals surface area contributed by atoms with Crippen molar-refractivity contribution in [3.63, 3.8) is 0 Å². The number of rotatable bonds is 3. The predicted octanol–water partition coefficient (Wildman–Crippen LogP) is 3.31. The first-order valence-electron chi connectivity index (χ1n) is 8.67. The number of imidazole rings is 1. The second kappa shape index (κ2) is 7.36. The lowest BCUT2D eigenvalue weighted by Gasteiger charge is -2.10. The standard InChI is InChI=1S/C19H20ClN5O2/c1-25-15-5-3-12(20)9-14(15)24-18(25)11-22-19(21)23-13-4-6-16-17(10-13)27-8-2-7-26-16/h3-6,9-10H,2,7-8,11H2,1H3,(H3,21,22,23). The Morgan fingerprint density at radius 1 is 1.22 bits per heavy atom. The zero-order valence-corrected chi connectivity index (χ0v) is 15.7. The number of benzene rings is 2. The Morgan fingerprint density at radius 2 is 2.04 bits per heavy atom. The van der Waals surface area contributed by atoms with Crippen LogP contribution in [0, 0.1) is 0 Å². The maximum Gasteiger partial charge on any atom is 0.193 e. The average Bonchev–Trinajstić information content (AvgIpc) is 2.81. The van der Waals surface area contributed by atoms with Gasteiger partial charge in [0.15, 0.2) is 17.5 Å². The largest absolute Gasteiger partial charge is 0.490 e. The molecule has 0 atom stereocenters. The van der Waals surface area contributed by atoms with Crippen LogP contribution in [0.3, 0.4) is 0 Å². The number of hydrogen-bond acceptors (Lipinski definition) is 4. The molecule has 0 saturated carbocycles. The molecule has 0 unspecified atom stereocenters. The van der Waals surface area contributed by atoms with Crippen LogP contribution in [0.4, 0.5) is 5.69 Å². The Kier molecular flexibility index (Phi) is 4.77. The van der Waals surface area contributed by atoms with Gasteiger partial charge in [0.1, 0.15) is 12.4 Å². The Bertz CT molecular complexity index is 1010. The lowest BCUT2D eigenvalue weighted by molar-refractivity contribution is 0.297. The molecule has 27 heavy (non-hydrogen) atoms. The van der Waals surface area contributed by atoms with Crippen LogP contribution in [0.15, 0.2) is 41.4 Å². The normalized spacial score (nSPS) is 14.2. The highest BCUT2D eigenvalue weighted by molar-refractivity contribution is 6.31. The predicted molar refractivity (Wildman–Crippen MR) is 107 cm³/mol. The summed E-state index contributed by atoms with van der Waals surface area (Å²) in [5, 5.41) is 3.74. The minimum atomic E-state index is 0.301. The van der Waals surface area contributed by atoms with Crippen molar-refractivity contribution < 1.29 is 9.47 Å². The molecule has 2 aromatic carbocycles. The van der Waals surface area contributed by atoms with E-state index in [-0.39, 0.29) is 0 Å². The maximum atomic E-state index is 6.04. The Balaban J connectivity index is 1.49. The molecule has 140 valence electrons. The van der Waals surface area contributed by atoms with Gasteiger partial charge < -0.3 is 25.1 Å². The number of halogens is 1. The molecule has 8 heteroatoms. The molecule has 3 N–H and O–H groups in total. The number of fused-ring (bicyclic) bond motifs is 2. The van der Waals surface area contributed by atoms with Crippen LogP contribution >= 0.6 is 11.6 Å². The summed E-state index contributed by atoms with van der Waals surface area (Å²) in [4.78, 5) is 8.97. The van der Waals surface area contributed by atoms with E-state index in [0.29, 0.717) is 36.5 Å². The fourth-order valence-electron chi connectivity index (χ4n) is 2.95. The quantitative estimate of drug-likeness (QED) is 0.533.